The lowest BCUT2D eigenvalue weighted by Gasteiger charge is -2.05. The van der Waals surface area contributed by atoms with E-state index in [-0.39, 0.29) is 11.9 Å². The van der Waals surface area contributed by atoms with Gasteiger partial charge in [0.25, 0.3) is 5.91 Å². The van der Waals surface area contributed by atoms with Crippen LogP contribution in [0.1, 0.15) is 41.5 Å². The standard InChI is InChI=1S/C17H20N4O/c1-11(2)21-10-15(9-19-21)17(22)18-8-13-4-5-16-14(7-13)6-12(3)20-16/h4-7,9-11,20H,8H2,1-3H3,(H,18,22). The second-order valence-electron chi connectivity index (χ2n) is 5.86. The van der Waals surface area contributed by atoms with Gasteiger partial charge in [0, 0.05) is 30.0 Å². The molecule has 0 aliphatic carbocycles. The van der Waals surface area contributed by atoms with Gasteiger partial charge in [-0.3, -0.25) is 9.48 Å². The number of H-pyrrole nitrogens is 1. The number of nitrogens with zero attached hydrogens (tertiary/aromatic N) is 2. The van der Waals surface area contributed by atoms with Gasteiger partial charge in [0.15, 0.2) is 0 Å². The Bertz CT molecular complexity index is 813. The van der Waals surface area contributed by atoms with Gasteiger partial charge in [0.2, 0.25) is 0 Å². The first kappa shape index (κ1) is 14.4. The van der Waals surface area contributed by atoms with E-state index in [2.05, 4.69) is 27.5 Å². The number of aromatic amines is 1. The smallest absolute Gasteiger partial charge is 0.254 e. The Kier molecular flexibility index (Phi) is 3.71. The molecule has 0 aliphatic heterocycles. The maximum absolute atomic E-state index is 12.2. The number of aromatic nitrogens is 3. The number of nitrogens with one attached hydrogen (secondary N) is 2. The van der Waals surface area contributed by atoms with Crippen molar-refractivity contribution in [3.8, 4) is 0 Å². The molecule has 22 heavy (non-hydrogen) atoms. The van der Waals surface area contributed by atoms with E-state index in [1.807, 2.05) is 32.9 Å². The van der Waals surface area contributed by atoms with Gasteiger partial charge in [0.05, 0.1) is 11.8 Å². The Morgan fingerprint density at radius 1 is 1.36 bits per heavy atom. The molecule has 5 heteroatoms. The topological polar surface area (TPSA) is 62.7 Å². The molecule has 0 bridgehead atoms. The lowest BCUT2D eigenvalue weighted by Crippen LogP contribution is -2.22. The SMILES string of the molecule is Cc1cc2cc(CNC(=O)c3cnn(C(C)C)c3)ccc2[nH]1. The van der Waals surface area contributed by atoms with Crippen LogP contribution in [0, 0.1) is 6.92 Å². The molecule has 0 radical (unpaired) electrons. The van der Waals surface area contributed by atoms with E-state index in [1.54, 1.807) is 17.1 Å². The number of hydrogen-bond acceptors (Lipinski definition) is 2. The third kappa shape index (κ3) is 2.88. The van der Waals surface area contributed by atoms with Crippen LogP contribution in [0.2, 0.25) is 0 Å². The van der Waals surface area contributed by atoms with Crippen molar-refractivity contribution >= 4 is 16.8 Å². The van der Waals surface area contributed by atoms with Gasteiger partial charge in [-0.25, -0.2) is 0 Å². The van der Waals surface area contributed by atoms with Gasteiger partial charge in [-0.05, 0) is 49.9 Å². The number of benzene rings is 1. The van der Waals surface area contributed by atoms with Gasteiger partial charge in [0.1, 0.15) is 0 Å². The summed E-state index contributed by atoms with van der Waals surface area (Å²) in [5.41, 5.74) is 3.92. The third-order valence-electron chi connectivity index (χ3n) is 3.67. The second kappa shape index (κ2) is 5.67. The van der Waals surface area contributed by atoms with E-state index in [0.29, 0.717) is 12.1 Å². The number of fused-ring (bicyclic) bond motifs is 1. The molecule has 114 valence electrons. The predicted octanol–water partition coefficient (Wildman–Crippen LogP) is 3.18. The van der Waals surface area contributed by atoms with Crippen LogP contribution in [0.4, 0.5) is 0 Å². The van der Waals surface area contributed by atoms with Crippen molar-refractivity contribution in [1.29, 1.82) is 0 Å². The first-order valence-corrected chi connectivity index (χ1v) is 7.43. The fourth-order valence-corrected chi connectivity index (χ4v) is 2.46. The molecule has 0 unspecified atom stereocenters. The van der Waals surface area contributed by atoms with Crippen molar-refractivity contribution in [2.75, 3.05) is 0 Å². The number of rotatable bonds is 4. The Balaban J connectivity index is 1.68. The fraction of sp³-hybridized carbons (Fsp3) is 0.294. The highest BCUT2D eigenvalue weighted by molar-refractivity contribution is 5.93. The molecular weight excluding hydrogens is 276 g/mol. The molecule has 3 rings (SSSR count). The maximum atomic E-state index is 12.2. The van der Waals surface area contributed by atoms with Crippen molar-refractivity contribution in [3.05, 3.63) is 53.5 Å². The van der Waals surface area contributed by atoms with Gasteiger partial charge < -0.3 is 10.3 Å². The molecule has 0 aliphatic rings. The number of carbonyl (C=O) groups excluding carboxylic acids is 1. The van der Waals surface area contributed by atoms with Crippen LogP contribution in [-0.4, -0.2) is 20.7 Å². The van der Waals surface area contributed by atoms with Crippen LogP contribution in [0.5, 0.6) is 0 Å². The van der Waals surface area contributed by atoms with E-state index < -0.39 is 0 Å². The normalized spacial score (nSPS) is 11.3. The monoisotopic (exact) mass is 296 g/mol. The molecule has 1 aromatic carbocycles. The quantitative estimate of drug-likeness (QED) is 0.776. The predicted molar refractivity (Wildman–Crippen MR) is 86.8 cm³/mol. The molecule has 0 saturated carbocycles. The molecule has 2 heterocycles. The summed E-state index contributed by atoms with van der Waals surface area (Å²) in [7, 11) is 0. The minimum atomic E-state index is -0.0998. The summed E-state index contributed by atoms with van der Waals surface area (Å²) < 4.78 is 1.78. The van der Waals surface area contributed by atoms with Gasteiger partial charge in [-0.15, -0.1) is 0 Å². The summed E-state index contributed by atoms with van der Waals surface area (Å²) >= 11 is 0. The summed E-state index contributed by atoms with van der Waals surface area (Å²) in [4.78, 5) is 15.4. The Labute approximate surface area is 129 Å². The van der Waals surface area contributed by atoms with Crippen LogP contribution < -0.4 is 5.32 Å². The number of carbonyl (C=O) groups is 1. The average Bonchev–Trinajstić information content (AvgIpc) is 3.09. The van der Waals surface area contributed by atoms with E-state index in [1.165, 1.54) is 0 Å². The summed E-state index contributed by atoms with van der Waals surface area (Å²) in [5.74, 6) is -0.0998. The molecule has 0 atom stereocenters. The van der Waals surface area contributed by atoms with Crippen LogP contribution in [-0.2, 0) is 6.54 Å². The van der Waals surface area contributed by atoms with E-state index in [4.69, 9.17) is 0 Å². The molecule has 5 nitrogen and oxygen atoms in total. The highest BCUT2D eigenvalue weighted by Gasteiger charge is 2.10. The third-order valence-corrected chi connectivity index (χ3v) is 3.67. The minimum absolute atomic E-state index is 0.0998. The van der Waals surface area contributed by atoms with E-state index in [0.717, 1.165) is 22.2 Å². The lowest BCUT2D eigenvalue weighted by molar-refractivity contribution is 0.0951. The van der Waals surface area contributed by atoms with Gasteiger partial charge in [-0.2, -0.15) is 5.10 Å². The highest BCUT2D eigenvalue weighted by Crippen LogP contribution is 2.17. The minimum Gasteiger partial charge on any atom is -0.359 e. The van der Waals surface area contributed by atoms with Crippen LogP contribution in [0.15, 0.2) is 36.7 Å². The number of aryl methyl sites for hydroxylation is 1. The van der Waals surface area contributed by atoms with Crippen LogP contribution in [0.25, 0.3) is 10.9 Å². The van der Waals surface area contributed by atoms with Crippen molar-refractivity contribution in [3.63, 3.8) is 0 Å². The molecule has 2 aromatic heterocycles. The van der Waals surface area contributed by atoms with Crippen molar-refractivity contribution in [1.82, 2.24) is 20.1 Å². The summed E-state index contributed by atoms with van der Waals surface area (Å²) in [6.45, 7) is 6.60. The fourth-order valence-electron chi connectivity index (χ4n) is 2.46. The molecule has 0 saturated heterocycles. The molecule has 1 amide bonds. The number of hydrogen-bond donors (Lipinski definition) is 2. The molecular formula is C17H20N4O. The summed E-state index contributed by atoms with van der Waals surface area (Å²) in [5, 5.41) is 8.29. The summed E-state index contributed by atoms with van der Waals surface area (Å²) in [6, 6.07) is 8.52. The summed E-state index contributed by atoms with van der Waals surface area (Å²) in [6.07, 6.45) is 3.38. The maximum Gasteiger partial charge on any atom is 0.254 e. The van der Waals surface area contributed by atoms with Crippen LogP contribution >= 0.6 is 0 Å². The zero-order chi connectivity index (χ0) is 15.7. The van der Waals surface area contributed by atoms with Crippen molar-refractivity contribution in [2.24, 2.45) is 0 Å². The number of amides is 1. The Morgan fingerprint density at radius 2 is 2.18 bits per heavy atom. The molecule has 2 N–H and O–H groups in total. The zero-order valence-corrected chi connectivity index (χ0v) is 13.1. The van der Waals surface area contributed by atoms with E-state index >= 15 is 0 Å². The molecule has 0 fully saturated rings. The van der Waals surface area contributed by atoms with Crippen molar-refractivity contribution in [2.45, 2.75) is 33.4 Å². The second-order valence-corrected chi connectivity index (χ2v) is 5.86. The molecule has 3 aromatic rings. The van der Waals surface area contributed by atoms with Gasteiger partial charge in [-0.1, -0.05) is 6.07 Å². The average molecular weight is 296 g/mol. The van der Waals surface area contributed by atoms with Crippen molar-refractivity contribution < 1.29 is 4.79 Å². The first-order valence-electron chi connectivity index (χ1n) is 7.43. The molecule has 0 spiro atoms. The lowest BCUT2D eigenvalue weighted by atomic mass is 10.1. The Hall–Kier alpha value is -2.56. The Morgan fingerprint density at radius 3 is 2.91 bits per heavy atom. The zero-order valence-electron chi connectivity index (χ0n) is 13.1. The largest absolute Gasteiger partial charge is 0.359 e. The van der Waals surface area contributed by atoms with E-state index in [9.17, 15) is 4.79 Å². The van der Waals surface area contributed by atoms with Crippen LogP contribution in [0.3, 0.4) is 0 Å². The highest BCUT2D eigenvalue weighted by atomic mass is 16.1. The first-order chi connectivity index (χ1) is 10.5. The van der Waals surface area contributed by atoms with Gasteiger partial charge >= 0.3 is 0 Å².